The third kappa shape index (κ3) is 7.01. The average molecular weight is 707 g/mol. The van der Waals surface area contributed by atoms with Crippen molar-refractivity contribution in [3.63, 3.8) is 0 Å². The van der Waals surface area contributed by atoms with Crippen LogP contribution in [0.1, 0.15) is 58.1 Å². The fourth-order valence-corrected chi connectivity index (χ4v) is 7.35. The molecule has 0 saturated carbocycles. The number of rotatable bonds is 14. The largest absolute Gasteiger partial charge is 0.370 e. The quantitative estimate of drug-likeness (QED) is 0.114. The molecule has 0 spiro atoms. The predicted molar refractivity (Wildman–Crippen MR) is 214 cm³/mol. The van der Waals surface area contributed by atoms with Crippen LogP contribution in [-0.2, 0) is 36.3 Å². The van der Waals surface area contributed by atoms with E-state index in [2.05, 4.69) is 145 Å². The lowest BCUT2D eigenvalue weighted by Crippen LogP contribution is -2.39. The summed E-state index contributed by atoms with van der Waals surface area (Å²) in [5, 5.41) is 22.7. The van der Waals surface area contributed by atoms with Crippen molar-refractivity contribution < 1.29 is 4.74 Å². The second-order valence-corrected chi connectivity index (χ2v) is 13.5. The van der Waals surface area contributed by atoms with Gasteiger partial charge in [0.05, 0.1) is 24.6 Å². The number of H-pyrrole nitrogens is 1. The summed E-state index contributed by atoms with van der Waals surface area (Å²) in [5.74, 6) is 0.560. The highest BCUT2D eigenvalue weighted by molar-refractivity contribution is 5.80. The Morgan fingerprint density at radius 2 is 1.15 bits per heavy atom. The van der Waals surface area contributed by atoms with Crippen LogP contribution in [0.5, 0.6) is 0 Å². The van der Waals surface area contributed by atoms with Crippen LogP contribution >= 0.6 is 0 Å². The second kappa shape index (κ2) is 16.1. The number of hydrogen-bond acceptors (Lipinski definition) is 5. The van der Waals surface area contributed by atoms with Gasteiger partial charge >= 0.3 is 0 Å². The summed E-state index contributed by atoms with van der Waals surface area (Å²) in [5.41, 5.74) is 11.0. The molecule has 2 heterocycles. The lowest BCUT2D eigenvalue weighted by molar-refractivity contribution is 0.104. The standard InChI is InChI=1S/C47H42N6O/c1-2-17-44-43(45(49-48-44)34-54-33-36-18-7-3-8-19-36)32-35-28-30-37(31-29-35)41-26-15-16-27-42(41)46-50-52-53(51-46)47(38-20-9-4-10-21-38,39-22-11-5-12-23-39)40-24-13-6-14-25-40/h3-16,18-31H,2,17,32-34H2,1H3,(H,48,49). The van der Waals surface area contributed by atoms with Crippen LogP contribution < -0.4 is 0 Å². The maximum Gasteiger partial charge on any atom is 0.205 e. The minimum atomic E-state index is -0.846. The van der Waals surface area contributed by atoms with E-state index in [0.717, 1.165) is 69.6 Å². The van der Waals surface area contributed by atoms with Crippen LogP contribution in [0.3, 0.4) is 0 Å². The molecule has 0 aliphatic carbocycles. The van der Waals surface area contributed by atoms with Gasteiger partial charge in [-0.15, -0.1) is 15.0 Å². The highest BCUT2D eigenvalue weighted by atomic mass is 16.5. The summed E-state index contributed by atoms with van der Waals surface area (Å²) in [6.07, 6.45) is 2.72. The van der Waals surface area contributed by atoms with Crippen LogP contribution in [-0.4, -0.2) is 30.4 Å². The fourth-order valence-electron chi connectivity index (χ4n) is 7.35. The molecule has 8 rings (SSSR count). The highest BCUT2D eigenvalue weighted by Crippen LogP contribution is 2.40. The number of hydrogen-bond donors (Lipinski definition) is 1. The molecule has 0 atom stereocenters. The van der Waals surface area contributed by atoms with Crippen LogP contribution in [0.2, 0.25) is 0 Å². The molecule has 0 saturated heterocycles. The van der Waals surface area contributed by atoms with E-state index < -0.39 is 5.54 Å². The zero-order valence-corrected chi connectivity index (χ0v) is 30.3. The normalized spacial score (nSPS) is 11.5. The Balaban J connectivity index is 1.11. The Bertz CT molecular complexity index is 2290. The predicted octanol–water partition coefficient (Wildman–Crippen LogP) is 9.83. The van der Waals surface area contributed by atoms with Gasteiger partial charge in [-0.05, 0) is 50.6 Å². The first-order valence-electron chi connectivity index (χ1n) is 18.6. The number of benzene rings is 6. The molecule has 0 unspecified atom stereocenters. The number of aromatic nitrogens is 6. The minimum absolute atomic E-state index is 0.486. The maximum absolute atomic E-state index is 6.12. The van der Waals surface area contributed by atoms with Crippen LogP contribution in [0.15, 0.2) is 170 Å². The Labute approximate surface area is 316 Å². The van der Waals surface area contributed by atoms with Gasteiger partial charge in [0, 0.05) is 17.5 Å². The Morgan fingerprint density at radius 3 is 1.74 bits per heavy atom. The minimum Gasteiger partial charge on any atom is -0.370 e. The van der Waals surface area contributed by atoms with Crippen molar-refractivity contribution >= 4 is 0 Å². The number of nitrogens with zero attached hydrogens (tertiary/aromatic N) is 5. The summed E-state index contributed by atoms with van der Waals surface area (Å²) in [6.45, 7) is 3.24. The van der Waals surface area contributed by atoms with E-state index in [1.165, 1.54) is 11.1 Å². The molecule has 7 heteroatoms. The van der Waals surface area contributed by atoms with Gasteiger partial charge in [0.1, 0.15) is 0 Å². The maximum atomic E-state index is 6.12. The number of aryl methyl sites for hydroxylation is 1. The monoisotopic (exact) mass is 706 g/mol. The van der Waals surface area contributed by atoms with Crippen molar-refractivity contribution in [2.75, 3.05) is 0 Å². The summed E-state index contributed by atoms with van der Waals surface area (Å²) in [6, 6.07) is 58.6. The molecular formula is C47H42N6O. The fraction of sp³-hybridized carbons (Fsp3) is 0.149. The number of tetrazole rings is 1. The van der Waals surface area contributed by atoms with Gasteiger partial charge in [0.25, 0.3) is 0 Å². The van der Waals surface area contributed by atoms with E-state index in [-0.39, 0.29) is 0 Å². The van der Waals surface area contributed by atoms with Gasteiger partial charge in [-0.25, -0.2) is 0 Å². The first-order chi connectivity index (χ1) is 26.7. The molecule has 0 aliphatic heterocycles. The lowest BCUT2D eigenvalue weighted by atomic mass is 9.77. The molecule has 7 nitrogen and oxygen atoms in total. The van der Waals surface area contributed by atoms with Crippen LogP contribution in [0, 0.1) is 0 Å². The second-order valence-electron chi connectivity index (χ2n) is 13.5. The lowest BCUT2D eigenvalue weighted by Gasteiger charge is -2.34. The summed E-state index contributed by atoms with van der Waals surface area (Å²) in [4.78, 5) is 1.78. The molecule has 0 radical (unpaired) electrons. The summed E-state index contributed by atoms with van der Waals surface area (Å²) in [7, 11) is 0. The van der Waals surface area contributed by atoms with Crippen molar-refractivity contribution in [3.05, 3.63) is 215 Å². The molecule has 0 amide bonds. The van der Waals surface area contributed by atoms with Crippen LogP contribution in [0.25, 0.3) is 22.5 Å². The molecule has 1 N–H and O–H groups in total. The van der Waals surface area contributed by atoms with Gasteiger partial charge in [-0.2, -0.15) is 5.10 Å². The van der Waals surface area contributed by atoms with E-state index >= 15 is 0 Å². The first-order valence-corrected chi connectivity index (χ1v) is 18.6. The third-order valence-electron chi connectivity index (χ3n) is 9.99. The smallest absolute Gasteiger partial charge is 0.205 e. The van der Waals surface area contributed by atoms with E-state index in [9.17, 15) is 0 Å². The molecule has 0 bridgehead atoms. The number of aromatic amines is 1. The van der Waals surface area contributed by atoms with Gasteiger partial charge in [0.2, 0.25) is 5.82 Å². The molecular weight excluding hydrogens is 665 g/mol. The topological polar surface area (TPSA) is 81.5 Å². The average Bonchev–Trinajstić information content (AvgIpc) is 3.88. The zero-order valence-electron chi connectivity index (χ0n) is 30.3. The van der Waals surface area contributed by atoms with Crippen molar-refractivity contribution in [2.24, 2.45) is 0 Å². The SMILES string of the molecule is CCCc1n[nH]c(COCc2ccccc2)c1Cc1ccc(-c2ccccc2-c2nnn(C(c3ccccc3)(c3ccccc3)c3ccccc3)n2)cc1. The molecule has 266 valence electrons. The van der Waals surface area contributed by atoms with Crippen molar-refractivity contribution in [2.45, 2.75) is 44.9 Å². The van der Waals surface area contributed by atoms with E-state index in [1.54, 1.807) is 4.80 Å². The van der Waals surface area contributed by atoms with E-state index in [4.69, 9.17) is 20.1 Å². The van der Waals surface area contributed by atoms with Gasteiger partial charge in [-0.1, -0.05) is 183 Å². The van der Waals surface area contributed by atoms with Gasteiger partial charge in [0.15, 0.2) is 5.54 Å². The molecule has 0 fully saturated rings. The van der Waals surface area contributed by atoms with Crippen molar-refractivity contribution in [1.29, 1.82) is 0 Å². The molecule has 0 aliphatic rings. The number of nitrogens with one attached hydrogen (secondary N) is 1. The Hall–Kier alpha value is -6.44. The summed E-state index contributed by atoms with van der Waals surface area (Å²) >= 11 is 0. The highest BCUT2D eigenvalue weighted by Gasteiger charge is 2.41. The van der Waals surface area contributed by atoms with Crippen LogP contribution in [0.4, 0.5) is 0 Å². The Morgan fingerprint density at radius 1 is 0.593 bits per heavy atom. The first kappa shape index (κ1) is 34.6. The molecule has 6 aromatic carbocycles. The summed E-state index contributed by atoms with van der Waals surface area (Å²) < 4.78 is 6.12. The van der Waals surface area contributed by atoms with Crippen molar-refractivity contribution in [3.8, 4) is 22.5 Å². The molecule has 2 aromatic heterocycles. The molecule has 54 heavy (non-hydrogen) atoms. The van der Waals surface area contributed by atoms with Crippen molar-refractivity contribution in [1.82, 2.24) is 30.4 Å². The third-order valence-corrected chi connectivity index (χ3v) is 9.99. The van der Waals surface area contributed by atoms with E-state index in [0.29, 0.717) is 19.0 Å². The molecule has 8 aromatic rings. The number of ether oxygens (including phenoxy) is 1. The zero-order chi connectivity index (χ0) is 36.6. The Kier molecular flexibility index (Phi) is 10.3. The van der Waals surface area contributed by atoms with E-state index in [1.807, 2.05) is 42.5 Å². The van der Waals surface area contributed by atoms with Gasteiger partial charge in [-0.3, -0.25) is 5.10 Å². The van der Waals surface area contributed by atoms with Gasteiger partial charge < -0.3 is 4.74 Å².